The van der Waals surface area contributed by atoms with E-state index in [1.807, 2.05) is 20.8 Å². The molecule has 0 bridgehead atoms. The van der Waals surface area contributed by atoms with Crippen molar-refractivity contribution >= 4 is 12.0 Å². The van der Waals surface area contributed by atoms with Gasteiger partial charge < -0.3 is 20.8 Å². The average Bonchev–Trinajstić information content (AvgIpc) is 2.53. The van der Waals surface area contributed by atoms with E-state index in [0.29, 0.717) is 5.95 Å². The number of alkyl carbamates (subject to hydrolysis) is 1. The second-order valence-corrected chi connectivity index (χ2v) is 5.63. The van der Waals surface area contributed by atoms with Gasteiger partial charge in [0.1, 0.15) is 5.60 Å². The quantitative estimate of drug-likeness (QED) is 0.703. The first kappa shape index (κ1) is 12.7. The topological polar surface area (TPSA) is 93.0 Å². The van der Waals surface area contributed by atoms with Crippen molar-refractivity contribution < 1.29 is 9.53 Å². The lowest BCUT2D eigenvalue weighted by molar-refractivity contribution is 0.0500. The second-order valence-electron chi connectivity index (χ2n) is 5.63. The minimum Gasteiger partial charge on any atom is -0.444 e. The highest BCUT2D eigenvalue weighted by Gasteiger charge is 2.25. The van der Waals surface area contributed by atoms with Gasteiger partial charge in [-0.05, 0) is 33.6 Å². The zero-order valence-corrected chi connectivity index (χ0v) is 11.0. The van der Waals surface area contributed by atoms with Gasteiger partial charge in [0.05, 0.1) is 5.69 Å². The SMILES string of the molecule is CC(C)(C)OC(=O)NC1CCc2nc(N)[nH]c2C1. The highest BCUT2D eigenvalue weighted by molar-refractivity contribution is 5.68. The monoisotopic (exact) mass is 252 g/mol. The minimum atomic E-state index is -0.470. The van der Waals surface area contributed by atoms with Crippen molar-refractivity contribution in [3.63, 3.8) is 0 Å². The summed E-state index contributed by atoms with van der Waals surface area (Å²) in [5, 5.41) is 2.88. The van der Waals surface area contributed by atoms with E-state index in [1.165, 1.54) is 0 Å². The van der Waals surface area contributed by atoms with Gasteiger partial charge in [0.25, 0.3) is 0 Å². The fourth-order valence-corrected chi connectivity index (χ4v) is 2.10. The molecule has 2 rings (SSSR count). The molecule has 1 aromatic heterocycles. The second kappa shape index (κ2) is 4.51. The number of H-pyrrole nitrogens is 1. The molecule has 1 aliphatic carbocycles. The molecule has 100 valence electrons. The van der Waals surface area contributed by atoms with Gasteiger partial charge in [0.15, 0.2) is 5.95 Å². The van der Waals surface area contributed by atoms with Crippen molar-refractivity contribution in [3.05, 3.63) is 11.4 Å². The van der Waals surface area contributed by atoms with Gasteiger partial charge in [-0.25, -0.2) is 9.78 Å². The summed E-state index contributed by atoms with van der Waals surface area (Å²) in [4.78, 5) is 18.9. The Kier molecular flexibility index (Phi) is 3.19. The molecule has 6 heteroatoms. The molecule has 1 aliphatic rings. The van der Waals surface area contributed by atoms with Gasteiger partial charge in [-0.3, -0.25) is 0 Å². The normalized spacial score (nSPS) is 19.2. The molecule has 1 unspecified atom stereocenters. The van der Waals surface area contributed by atoms with Crippen molar-refractivity contribution in [1.29, 1.82) is 0 Å². The summed E-state index contributed by atoms with van der Waals surface area (Å²) in [7, 11) is 0. The zero-order chi connectivity index (χ0) is 13.3. The molecule has 0 aliphatic heterocycles. The third kappa shape index (κ3) is 3.15. The van der Waals surface area contributed by atoms with Crippen LogP contribution in [0.25, 0.3) is 0 Å². The number of nitrogens with two attached hydrogens (primary N) is 1. The van der Waals surface area contributed by atoms with E-state index in [0.717, 1.165) is 30.7 Å². The Morgan fingerprint density at radius 2 is 2.28 bits per heavy atom. The number of hydrogen-bond donors (Lipinski definition) is 3. The molecule has 18 heavy (non-hydrogen) atoms. The van der Waals surface area contributed by atoms with Crippen molar-refractivity contribution in [3.8, 4) is 0 Å². The lowest BCUT2D eigenvalue weighted by atomic mass is 9.96. The molecule has 0 radical (unpaired) electrons. The minimum absolute atomic E-state index is 0.0761. The van der Waals surface area contributed by atoms with Crippen molar-refractivity contribution in [2.75, 3.05) is 5.73 Å². The lowest BCUT2D eigenvalue weighted by Gasteiger charge is -2.25. The Labute approximate surface area is 106 Å². The fourth-order valence-electron chi connectivity index (χ4n) is 2.10. The number of amides is 1. The number of nitrogen functional groups attached to an aromatic ring is 1. The third-order valence-electron chi connectivity index (χ3n) is 2.78. The summed E-state index contributed by atoms with van der Waals surface area (Å²) >= 11 is 0. The maximum absolute atomic E-state index is 11.7. The number of imidazole rings is 1. The number of hydrogen-bond acceptors (Lipinski definition) is 4. The summed E-state index contributed by atoms with van der Waals surface area (Å²) in [6, 6.07) is 0.0761. The number of carbonyl (C=O) groups excluding carboxylic acids is 1. The van der Waals surface area contributed by atoms with Gasteiger partial charge in [-0.2, -0.15) is 0 Å². The summed E-state index contributed by atoms with van der Waals surface area (Å²) in [5.41, 5.74) is 7.16. The first-order valence-electron chi connectivity index (χ1n) is 6.16. The van der Waals surface area contributed by atoms with Crippen LogP contribution in [-0.4, -0.2) is 27.7 Å². The number of aromatic amines is 1. The lowest BCUT2D eigenvalue weighted by Crippen LogP contribution is -2.41. The van der Waals surface area contributed by atoms with Crippen molar-refractivity contribution in [1.82, 2.24) is 15.3 Å². The van der Waals surface area contributed by atoms with Crippen LogP contribution in [0, 0.1) is 0 Å². The summed E-state index contributed by atoms with van der Waals surface area (Å²) in [6.07, 6.45) is 2.03. The van der Waals surface area contributed by atoms with E-state index in [4.69, 9.17) is 10.5 Å². The Balaban J connectivity index is 1.91. The molecular formula is C12H20N4O2. The molecule has 0 aromatic carbocycles. The number of anilines is 1. The first-order valence-corrected chi connectivity index (χ1v) is 6.16. The molecule has 0 saturated carbocycles. The van der Waals surface area contributed by atoms with Crippen LogP contribution in [0.1, 0.15) is 38.6 Å². The standard InChI is InChI=1S/C12H20N4O2/c1-12(2,3)18-11(17)14-7-4-5-8-9(6-7)16-10(13)15-8/h7H,4-6H2,1-3H3,(H,14,17)(H3,13,15,16). The van der Waals surface area contributed by atoms with Crippen LogP contribution in [0.4, 0.5) is 10.7 Å². The average molecular weight is 252 g/mol. The molecule has 1 aromatic rings. The van der Waals surface area contributed by atoms with Crippen LogP contribution < -0.4 is 11.1 Å². The Morgan fingerprint density at radius 1 is 1.56 bits per heavy atom. The Morgan fingerprint density at radius 3 is 2.94 bits per heavy atom. The van der Waals surface area contributed by atoms with E-state index in [-0.39, 0.29) is 12.1 Å². The van der Waals surface area contributed by atoms with Crippen LogP contribution in [0.3, 0.4) is 0 Å². The van der Waals surface area contributed by atoms with Crippen LogP contribution in [-0.2, 0) is 17.6 Å². The molecule has 0 saturated heterocycles. The number of carbonyl (C=O) groups is 1. The van der Waals surface area contributed by atoms with Gasteiger partial charge in [-0.1, -0.05) is 0 Å². The third-order valence-corrected chi connectivity index (χ3v) is 2.78. The van der Waals surface area contributed by atoms with Crippen LogP contribution >= 0.6 is 0 Å². The van der Waals surface area contributed by atoms with Gasteiger partial charge in [0.2, 0.25) is 0 Å². The maximum Gasteiger partial charge on any atom is 0.407 e. The first-order chi connectivity index (χ1) is 8.33. The van der Waals surface area contributed by atoms with Gasteiger partial charge in [0, 0.05) is 18.2 Å². The van der Waals surface area contributed by atoms with Crippen molar-refractivity contribution in [2.24, 2.45) is 0 Å². The Bertz CT molecular complexity index is 447. The van der Waals surface area contributed by atoms with Crippen LogP contribution in [0.5, 0.6) is 0 Å². The Hall–Kier alpha value is -1.72. The molecule has 0 fully saturated rings. The highest BCUT2D eigenvalue weighted by atomic mass is 16.6. The molecule has 1 amide bonds. The highest BCUT2D eigenvalue weighted by Crippen LogP contribution is 2.20. The van der Waals surface area contributed by atoms with E-state index >= 15 is 0 Å². The molecular weight excluding hydrogens is 232 g/mol. The largest absolute Gasteiger partial charge is 0.444 e. The number of ether oxygens (including phenoxy) is 1. The molecule has 0 spiro atoms. The van der Waals surface area contributed by atoms with E-state index in [9.17, 15) is 4.79 Å². The summed E-state index contributed by atoms with van der Waals surface area (Å²) < 4.78 is 5.23. The zero-order valence-electron chi connectivity index (χ0n) is 11.0. The predicted molar refractivity (Wildman–Crippen MR) is 68.2 cm³/mol. The molecule has 6 nitrogen and oxygen atoms in total. The summed E-state index contributed by atoms with van der Waals surface area (Å²) in [5.74, 6) is 0.443. The fraction of sp³-hybridized carbons (Fsp3) is 0.667. The number of nitrogens with one attached hydrogen (secondary N) is 2. The van der Waals surface area contributed by atoms with E-state index in [1.54, 1.807) is 0 Å². The van der Waals surface area contributed by atoms with Crippen molar-refractivity contribution in [2.45, 2.75) is 51.7 Å². The molecule has 1 atom stereocenters. The number of nitrogens with zero attached hydrogens (tertiary/aromatic N) is 1. The number of aromatic nitrogens is 2. The van der Waals surface area contributed by atoms with Gasteiger partial charge >= 0.3 is 6.09 Å². The van der Waals surface area contributed by atoms with Gasteiger partial charge in [-0.15, -0.1) is 0 Å². The predicted octanol–water partition coefficient (Wildman–Crippen LogP) is 1.37. The number of aryl methyl sites for hydroxylation is 1. The van der Waals surface area contributed by atoms with E-state index in [2.05, 4.69) is 15.3 Å². The summed E-state index contributed by atoms with van der Waals surface area (Å²) in [6.45, 7) is 5.55. The molecule has 4 N–H and O–H groups in total. The molecule has 1 heterocycles. The number of rotatable bonds is 1. The number of fused-ring (bicyclic) bond motifs is 1. The van der Waals surface area contributed by atoms with Crippen LogP contribution in [0.2, 0.25) is 0 Å². The maximum atomic E-state index is 11.7. The van der Waals surface area contributed by atoms with Crippen LogP contribution in [0.15, 0.2) is 0 Å². The smallest absolute Gasteiger partial charge is 0.407 e. The van der Waals surface area contributed by atoms with E-state index < -0.39 is 5.60 Å².